The number of alkyl halides is 2. The Labute approximate surface area is 109 Å². The quantitative estimate of drug-likeness (QED) is 0.842. The van der Waals surface area contributed by atoms with Gasteiger partial charge in [-0.05, 0) is 18.6 Å². The number of carbonyl (C=O) groups excluding carboxylic acids is 1. The van der Waals surface area contributed by atoms with Crippen molar-refractivity contribution in [2.24, 2.45) is 0 Å². The number of nitrogens with zero attached hydrogens (tertiary/aromatic N) is 1. The molecule has 1 heterocycles. The summed E-state index contributed by atoms with van der Waals surface area (Å²) in [6.45, 7) is 1.88. The van der Waals surface area contributed by atoms with Crippen molar-refractivity contribution in [3.05, 3.63) is 29.8 Å². The average Bonchev–Trinajstić information content (AvgIpc) is 2.37. The molecule has 0 bridgehead atoms. The third-order valence-corrected chi connectivity index (χ3v) is 3.55. The fraction of sp³-hybridized carbons (Fsp3) is 0.455. The van der Waals surface area contributed by atoms with E-state index in [9.17, 15) is 9.18 Å². The largest absolute Gasteiger partial charge is 0.343 e. The van der Waals surface area contributed by atoms with Gasteiger partial charge in [-0.15, -0.1) is 23.2 Å². The highest BCUT2D eigenvalue weighted by Crippen LogP contribution is 2.15. The minimum absolute atomic E-state index is 0.138. The minimum atomic E-state index is -0.656. The van der Waals surface area contributed by atoms with Crippen molar-refractivity contribution in [2.45, 2.75) is 18.9 Å². The van der Waals surface area contributed by atoms with Gasteiger partial charge in [0, 0.05) is 11.8 Å². The van der Waals surface area contributed by atoms with Crippen molar-refractivity contribution in [1.82, 2.24) is 10.3 Å². The second kappa shape index (κ2) is 6.17. The Bertz CT molecular complexity index is 371. The van der Waals surface area contributed by atoms with E-state index < -0.39 is 17.3 Å². The standard InChI is InChI=1S/C11H13Cl2FN2O/c1-2-11(6-12,7-13)16-10(17)9-4-3-8(14)5-15-9/h3-5H,2,6-7H2,1H3,(H,16,17). The second-order valence-corrected chi connectivity index (χ2v) is 4.25. The summed E-state index contributed by atoms with van der Waals surface area (Å²) in [6.07, 6.45) is 1.59. The Hall–Kier alpha value is -0.870. The highest BCUT2D eigenvalue weighted by Gasteiger charge is 2.28. The molecule has 6 heteroatoms. The van der Waals surface area contributed by atoms with Crippen LogP contribution in [0.1, 0.15) is 23.8 Å². The van der Waals surface area contributed by atoms with Crippen LogP contribution in [0.25, 0.3) is 0 Å². The molecule has 0 saturated carbocycles. The lowest BCUT2D eigenvalue weighted by molar-refractivity contribution is 0.0908. The van der Waals surface area contributed by atoms with Gasteiger partial charge in [0.05, 0.1) is 11.7 Å². The molecular formula is C11H13Cl2FN2O. The number of hydrogen-bond acceptors (Lipinski definition) is 2. The number of rotatable bonds is 5. The molecular weight excluding hydrogens is 266 g/mol. The predicted molar refractivity (Wildman–Crippen MR) is 66.1 cm³/mol. The Morgan fingerprint density at radius 3 is 2.53 bits per heavy atom. The monoisotopic (exact) mass is 278 g/mol. The van der Waals surface area contributed by atoms with Crippen molar-refractivity contribution in [1.29, 1.82) is 0 Å². The van der Waals surface area contributed by atoms with Gasteiger partial charge in [-0.25, -0.2) is 9.37 Å². The SMILES string of the molecule is CCC(CCl)(CCl)NC(=O)c1ccc(F)cn1. The van der Waals surface area contributed by atoms with Crippen LogP contribution < -0.4 is 5.32 Å². The minimum Gasteiger partial charge on any atom is -0.343 e. The Kier molecular flexibility index (Phi) is 5.15. The van der Waals surface area contributed by atoms with Crippen LogP contribution in [0.3, 0.4) is 0 Å². The molecule has 0 aliphatic heterocycles. The number of pyridine rings is 1. The van der Waals surface area contributed by atoms with E-state index in [1.807, 2.05) is 6.92 Å². The molecule has 0 unspecified atom stereocenters. The normalized spacial score (nSPS) is 11.3. The average molecular weight is 279 g/mol. The molecule has 1 amide bonds. The van der Waals surface area contributed by atoms with E-state index in [0.717, 1.165) is 6.20 Å². The molecule has 0 atom stereocenters. The van der Waals surface area contributed by atoms with E-state index >= 15 is 0 Å². The predicted octanol–water partition coefficient (Wildman–Crippen LogP) is 2.58. The second-order valence-electron chi connectivity index (χ2n) is 3.72. The van der Waals surface area contributed by atoms with Gasteiger partial charge < -0.3 is 5.32 Å². The van der Waals surface area contributed by atoms with Crippen molar-refractivity contribution in [3.8, 4) is 0 Å². The number of carbonyl (C=O) groups is 1. The maximum absolute atomic E-state index is 12.7. The van der Waals surface area contributed by atoms with Crippen molar-refractivity contribution in [3.63, 3.8) is 0 Å². The molecule has 0 saturated heterocycles. The van der Waals surface area contributed by atoms with Crippen LogP contribution in [-0.2, 0) is 0 Å². The lowest BCUT2D eigenvalue weighted by Crippen LogP contribution is -2.51. The third kappa shape index (κ3) is 3.54. The summed E-state index contributed by atoms with van der Waals surface area (Å²) in [5.41, 5.74) is -0.518. The van der Waals surface area contributed by atoms with Crippen LogP contribution in [-0.4, -0.2) is 28.2 Å². The Morgan fingerprint density at radius 1 is 1.47 bits per heavy atom. The number of aromatic nitrogens is 1. The number of hydrogen-bond donors (Lipinski definition) is 1. The number of amides is 1. The van der Waals surface area contributed by atoms with Crippen LogP contribution in [0, 0.1) is 5.82 Å². The van der Waals surface area contributed by atoms with Gasteiger partial charge in [-0.2, -0.15) is 0 Å². The van der Waals surface area contributed by atoms with E-state index in [-0.39, 0.29) is 17.5 Å². The maximum atomic E-state index is 12.7. The molecule has 0 aromatic carbocycles. The molecule has 0 spiro atoms. The molecule has 1 rings (SSSR count). The van der Waals surface area contributed by atoms with Crippen molar-refractivity contribution in [2.75, 3.05) is 11.8 Å². The topological polar surface area (TPSA) is 42.0 Å². The van der Waals surface area contributed by atoms with Crippen LogP contribution in [0.2, 0.25) is 0 Å². The lowest BCUT2D eigenvalue weighted by atomic mass is 10.0. The third-order valence-electron chi connectivity index (χ3n) is 2.53. The van der Waals surface area contributed by atoms with Crippen LogP contribution in [0.5, 0.6) is 0 Å². The summed E-state index contributed by atoms with van der Waals surface area (Å²) < 4.78 is 12.7. The zero-order valence-corrected chi connectivity index (χ0v) is 10.9. The van der Waals surface area contributed by atoms with Gasteiger partial charge in [-0.3, -0.25) is 4.79 Å². The highest BCUT2D eigenvalue weighted by atomic mass is 35.5. The van der Waals surface area contributed by atoms with Crippen LogP contribution >= 0.6 is 23.2 Å². The first-order valence-electron chi connectivity index (χ1n) is 5.13. The van der Waals surface area contributed by atoms with Gasteiger partial charge in [0.1, 0.15) is 11.5 Å². The van der Waals surface area contributed by atoms with E-state index in [0.29, 0.717) is 6.42 Å². The Morgan fingerprint density at radius 2 is 2.12 bits per heavy atom. The molecule has 1 aromatic rings. The molecule has 0 aliphatic carbocycles. The summed E-state index contributed by atoms with van der Waals surface area (Å²) in [5.74, 6) is -0.481. The molecule has 1 N–H and O–H groups in total. The summed E-state index contributed by atoms with van der Waals surface area (Å²) in [5, 5.41) is 2.73. The van der Waals surface area contributed by atoms with E-state index in [1.54, 1.807) is 0 Å². The summed E-state index contributed by atoms with van der Waals surface area (Å²) in [7, 11) is 0. The van der Waals surface area contributed by atoms with Crippen LogP contribution in [0.15, 0.2) is 18.3 Å². The zero-order valence-electron chi connectivity index (χ0n) is 9.34. The van der Waals surface area contributed by atoms with Crippen LogP contribution in [0.4, 0.5) is 4.39 Å². The summed E-state index contributed by atoms with van der Waals surface area (Å²) in [6, 6.07) is 2.49. The first-order chi connectivity index (χ1) is 8.06. The maximum Gasteiger partial charge on any atom is 0.270 e. The van der Waals surface area contributed by atoms with Gasteiger partial charge >= 0.3 is 0 Å². The van der Waals surface area contributed by atoms with E-state index in [2.05, 4.69) is 10.3 Å². The molecule has 17 heavy (non-hydrogen) atoms. The lowest BCUT2D eigenvalue weighted by Gasteiger charge is -2.29. The Balaban J connectivity index is 2.81. The van der Waals surface area contributed by atoms with Crippen molar-refractivity contribution < 1.29 is 9.18 Å². The molecule has 0 aliphatic rings. The van der Waals surface area contributed by atoms with Gasteiger partial charge in [-0.1, -0.05) is 6.92 Å². The summed E-state index contributed by atoms with van der Waals surface area (Å²) in [4.78, 5) is 15.5. The fourth-order valence-electron chi connectivity index (χ4n) is 1.19. The number of halogens is 3. The summed E-state index contributed by atoms with van der Waals surface area (Å²) >= 11 is 11.6. The fourth-order valence-corrected chi connectivity index (χ4v) is 1.99. The smallest absolute Gasteiger partial charge is 0.270 e. The van der Waals surface area contributed by atoms with E-state index in [1.165, 1.54) is 12.1 Å². The van der Waals surface area contributed by atoms with Gasteiger partial charge in [0.2, 0.25) is 0 Å². The first kappa shape index (κ1) is 14.2. The molecule has 94 valence electrons. The molecule has 0 radical (unpaired) electrons. The van der Waals surface area contributed by atoms with Crippen molar-refractivity contribution >= 4 is 29.1 Å². The first-order valence-corrected chi connectivity index (χ1v) is 6.20. The van der Waals surface area contributed by atoms with E-state index in [4.69, 9.17) is 23.2 Å². The molecule has 1 aromatic heterocycles. The number of nitrogens with one attached hydrogen (secondary N) is 1. The zero-order chi connectivity index (χ0) is 12.9. The molecule has 0 fully saturated rings. The molecule has 3 nitrogen and oxygen atoms in total. The highest BCUT2D eigenvalue weighted by molar-refractivity contribution is 6.22. The van der Waals surface area contributed by atoms with Gasteiger partial charge in [0.25, 0.3) is 5.91 Å². The van der Waals surface area contributed by atoms with Gasteiger partial charge in [0.15, 0.2) is 0 Å².